The van der Waals surface area contributed by atoms with E-state index in [1.165, 1.54) is 11.1 Å². The predicted molar refractivity (Wildman–Crippen MR) is 257 cm³/mol. The second-order valence-corrected chi connectivity index (χ2v) is 15.7. The lowest BCUT2D eigenvalue weighted by atomic mass is 9.93. The van der Waals surface area contributed by atoms with Gasteiger partial charge < -0.3 is 19.0 Å². The zero-order chi connectivity index (χ0) is 41.0. The third kappa shape index (κ3) is 6.00. The SMILES string of the molecule is c1ccc(-c2ccc(N(c3ccc(-c4cccc5c4oc4ccccc45)cc3)c3ccc4c(c3)Oc3ccc(N(c5ccccc5)c5ccccc5)c5cccc-4c35)cc2)cc1. The number of rotatable bonds is 8. The van der Waals surface area contributed by atoms with Crippen molar-refractivity contribution >= 4 is 66.8 Å². The van der Waals surface area contributed by atoms with Crippen molar-refractivity contribution in [3.8, 4) is 44.9 Å². The number of fused-ring (bicyclic) bond motifs is 5. The van der Waals surface area contributed by atoms with Crippen molar-refractivity contribution < 1.29 is 9.15 Å². The Morgan fingerprint density at radius 3 is 1.56 bits per heavy atom. The fourth-order valence-corrected chi connectivity index (χ4v) is 9.17. The van der Waals surface area contributed by atoms with Crippen molar-refractivity contribution in [1.82, 2.24) is 0 Å². The number of para-hydroxylation sites is 4. The molecule has 0 radical (unpaired) electrons. The average molecular weight is 795 g/mol. The first-order valence-corrected chi connectivity index (χ1v) is 21.0. The van der Waals surface area contributed by atoms with Crippen LogP contribution in [0.1, 0.15) is 0 Å². The van der Waals surface area contributed by atoms with Crippen LogP contribution in [0.25, 0.3) is 66.1 Å². The Morgan fingerprint density at radius 2 is 0.855 bits per heavy atom. The highest BCUT2D eigenvalue weighted by molar-refractivity contribution is 6.11. The van der Waals surface area contributed by atoms with Crippen molar-refractivity contribution in [3.05, 3.63) is 231 Å². The van der Waals surface area contributed by atoms with Gasteiger partial charge in [0.1, 0.15) is 22.7 Å². The lowest BCUT2D eigenvalue weighted by Crippen LogP contribution is -2.11. The molecule has 0 aliphatic carbocycles. The molecule has 0 saturated carbocycles. The predicted octanol–water partition coefficient (Wildman–Crippen LogP) is 16.8. The molecule has 0 bridgehead atoms. The number of hydrogen-bond donors (Lipinski definition) is 0. The van der Waals surface area contributed by atoms with Crippen LogP contribution in [0.3, 0.4) is 0 Å². The van der Waals surface area contributed by atoms with Gasteiger partial charge >= 0.3 is 0 Å². The van der Waals surface area contributed by atoms with Crippen LogP contribution in [-0.4, -0.2) is 0 Å². The normalized spacial score (nSPS) is 11.7. The summed E-state index contributed by atoms with van der Waals surface area (Å²) in [5.41, 5.74) is 14.9. The van der Waals surface area contributed by atoms with E-state index in [-0.39, 0.29) is 0 Å². The highest BCUT2D eigenvalue weighted by Gasteiger charge is 2.26. The number of hydrogen-bond acceptors (Lipinski definition) is 4. The monoisotopic (exact) mass is 794 g/mol. The number of benzene rings is 10. The Bertz CT molecular complexity index is 3380. The fraction of sp³-hybridized carbons (Fsp3) is 0. The summed E-state index contributed by atoms with van der Waals surface area (Å²) >= 11 is 0. The summed E-state index contributed by atoms with van der Waals surface area (Å²) in [6, 6.07) is 81.4. The largest absolute Gasteiger partial charge is 0.456 e. The second-order valence-electron chi connectivity index (χ2n) is 15.7. The Kier molecular flexibility index (Phi) is 8.46. The first-order chi connectivity index (χ1) is 30.7. The van der Waals surface area contributed by atoms with E-state index < -0.39 is 0 Å². The van der Waals surface area contributed by atoms with Crippen LogP contribution in [0.15, 0.2) is 235 Å². The number of ether oxygens (including phenoxy) is 1. The van der Waals surface area contributed by atoms with Gasteiger partial charge in [-0.25, -0.2) is 0 Å². The fourth-order valence-electron chi connectivity index (χ4n) is 9.17. The lowest BCUT2D eigenvalue weighted by Gasteiger charge is -2.30. The topological polar surface area (TPSA) is 28.9 Å². The molecule has 62 heavy (non-hydrogen) atoms. The van der Waals surface area contributed by atoms with Gasteiger partial charge in [-0.1, -0.05) is 146 Å². The van der Waals surface area contributed by atoms with Crippen LogP contribution in [0.5, 0.6) is 11.5 Å². The number of anilines is 6. The van der Waals surface area contributed by atoms with Crippen molar-refractivity contribution in [2.24, 2.45) is 0 Å². The first kappa shape index (κ1) is 35.6. The van der Waals surface area contributed by atoms with Gasteiger partial charge in [0, 0.05) is 67.2 Å². The van der Waals surface area contributed by atoms with Gasteiger partial charge in [0.05, 0.1) is 5.69 Å². The van der Waals surface area contributed by atoms with E-state index in [9.17, 15) is 0 Å². The van der Waals surface area contributed by atoms with Crippen LogP contribution in [0.4, 0.5) is 34.1 Å². The molecule has 1 aromatic heterocycles. The summed E-state index contributed by atoms with van der Waals surface area (Å²) < 4.78 is 13.4. The Morgan fingerprint density at radius 1 is 0.306 bits per heavy atom. The molecular formula is C58H38N2O2. The molecule has 11 aromatic rings. The zero-order valence-electron chi connectivity index (χ0n) is 33.7. The van der Waals surface area contributed by atoms with Crippen molar-refractivity contribution in [3.63, 3.8) is 0 Å². The van der Waals surface area contributed by atoms with E-state index in [0.29, 0.717) is 0 Å². The quantitative estimate of drug-likeness (QED) is 0.153. The molecule has 0 unspecified atom stereocenters. The van der Waals surface area contributed by atoms with E-state index in [1.54, 1.807) is 0 Å². The van der Waals surface area contributed by atoms with Crippen LogP contribution >= 0.6 is 0 Å². The van der Waals surface area contributed by atoms with Gasteiger partial charge in [-0.2, -0.15) is 0 Å². The molecule has 0 N–H and O–H groups in total. The minimum Gasteiger partial charge on any atom is -0.456 e. The molecule has 12 rings (SSSR count). The summed E-state index contributed by atoms with van der Waals surface area (Å²) in [6.07, 6.45) is 0. The maximum Gasteiger partial charge on any atom is 0.143 e. The molecular weight excluding hydrogens is 757 g/mol. The molecule has 4 nitrogen and oxygen atoms in total. The van der Waals surface area contributed by atoms with E-state index in [2.05, 4.69) is 228 Å². The van der Waals surface area contributed by atoms with Crippen molar-refractivity contribution in [1.29, 1.82) is 0 Å². The molecule has 0 fully saturated rings. The zero-order valence-corrected chi connectivity index (χ0v) is 33.7. The highest BCUT2D eigenvalue weighted by atomic mass is 16.5. The highest BCUT2D eigenvalue weighted by Crippen LogP contribution is 2.52. The summed E-state index contributed by atoms with van der Waals surface area (Å²) in [5, 5.41) is 4.47. The number of furan rings is 1. The van der Waals surface area contributed by atoms with E-state index in [1.807, 2.05) is 12.1 Å². The molecule has 0 atom stereocenters. The minimum absolute atomic E-state index is 0.817. The molecule has 0 saturated heterocycles. The van der Waals surface area contributed by atoms with Gasteiger partial charge in [-0.05, 0) is 101 Å². The Hall–Kier alpha value is -8.34. The number of nitrogens with zero attached hydrogens (tertiary/aromatic N) is 2. The molecule has 1 aliphatic rings. The molecule has 0 amide bonds. The molecule has 1 aliphatic heterocycles. The van der Waals surface area contributed by atoms with E-state index in [0.717, 1.165) is 101 Å². The van der Waals surface area contributed by atoms with Gasteiger partial charge in [0.25, 0.3) is 0 Å². The smallest absolute Gasteiger partial charge is 0.143 e. The molecule has 292 valence electrons. The first-order valence-electron chi connectivity index (χ1n) is 21.0. The Labute approximate surface area is 359 Å². The summed E-state index contributed by atoms with van der Waals surface area (Å²) in [7, 11) is 0. The molecule has 10 aromatic carbocycles. The standard InChI is InChI=1S/C58H38N2O2/c1-4-14-39(15-5-1)40-26-30-44(31-27-40)59(45-32-28-41(29-33-45)47-21-12-23-51-48-20-10-11-25-54(48)62-58(47)51)46-34-35-49-50-22-13-24-52-53(36-37-55(57(50)52)61-56(49)38-46)60(42-16-6-2-7-17-42)43-18-8-3-9-19-43/h1-38H. The van der Waals surface area contributed by atoms with Gasteiger partial charge in [0.15, 0.2) is 0 Å². The molecule has 4 heteroatoms. The summed E-state index contributed by atoms with van der Waals surface area (Å²) in [5.74, 6) is 1.66. The summed E-state index contributed by atoms with van der Waals surface area (Å²) in [4.78, 5) is 4.63. The minimum atomic E-state index is 0.817. The van der Waals surface area contributed by atoms with Crippen LogP contribution < -0.4 is 14.5 Å². The van der Waals surface area contributed by atoms with Crippen LogP contribution in [0.2, 0.25) is 0 Å². The molecule has 0 spiro atoms. The third-order valence-corrected chi connectivity index (χ3v) is 12.1. The second kappa shape index (κ2) is 14.7. The van der Waals surface area contributed by atoms with E-state index in [4.69, 9.17) is 9.15 Å². The van der Waals surface area contributed by atoms with Crippen molar-refractivity contribution in [2.75, 3.05) is 9.80 Å². The molecule has 2 heterocycles. The Balaban J connectivity index is 0.962. The van der Waals surface area contributed by atoms with Gasteiger partial charge in [-0.15, -0.1) is 0 Å². The summed E-state index contributed by atoms with van der Waals surface area (Å²) in [6.45, 7) is 0. The third-order valence-electron chi connectivity index (χ3n) is 12.1. The van der Waals surface area contributed by atoms with E-state index >= 15 is 0 Å². The van der Waals surface area contributed by atoms with Gasteiger partial charge in [0.2, 0.25) is 0 Å². The maximum absolute atomic E-state index is 6.92. The van der Waals surface area contributed by atoms with Crippen LogP contribution in [0, 0.1) is 0 Å². The maximum atomic E-state index is 6.92. The average Bonchev–Trinajstić information content (AvgIpc) is 3.73. The van der Waals surface area contributed by atoms with Crippen molar-refractivity contribution in [2.45, 2.75) is 0 Å². The van der Waals surface area contributed by atoms with Gasteiger partial charge in [-0.3, -0.25) is 0 Å². The lowest BCUT2D eigenvalue weighted by molar-refractivity contribution is 0.487. The van der Waals surface area contributed by atoms with Crippen LogP contribution in [-0.2, 0) is 0 Å².